The maximum absolute atomic E-state index is 12.0. The summed E-state index contributed by atoms with van der Waals surface area (Å²) in [7, 11) is 1.33. The lowest BCUT2D eigenvalue weighted by molar-refractivity contribution is -0.146. The molecule has 1 amide bonds. The fourth-order valence-corrected chi connectivity index (χ4v) is 2.05. The third kappa shape index (κ3) is 3.43. The Balaban J connectivity index is 2.61. The Hall–Kier alpha value is -1.10. The van der Waals surface area contributed by atoms with E-state index >= 15 is 0 Å². The van der Waals surface area contributed by atoms with Crippen LogP contribution in [0.2, 0.25) is 0 Å². The van der Waals surface area contributed by atoms with Gasteiger partial charge >= 0.3 is 5.97 Å². The topological polar surface area (TPSA) is 67.4 Å². The quantitative estimate of drug-likeness (QED) is 0.696. The van der Waals surface area contributed by atoms with Gasteiger partial charge in [-0.3, -0.25) is 4.79 Å². The highest BCUT2D eigenvalue weighted by atomic mass is 16.5. The van der Waals surface area contributed by atoms with Crippen LogP contribution in [0.15, 0.2) is 0 Å². The van der Waals surface area contributed by atoms with Gasteiger partial charge in [0.25, 0.3) is 0 Å². The van der Waals surface area contributed by atoms with Crippen LogP contribution in [0.1, 0.15) is 27.2 Å². The number of methoxy groups -OCH3 is 1. The van der Waals surface area contributed by atoms with Gasteiger partial charge in [-0.05, 0) is 24.8 Å². The van der Waals surface area contributed by atoms with Crippen LogP contribution in [0.4, 0.5) is 0 Å². The molecule has 17 heavy (non-hydrogen) atoms. The summed E-state index contributed by atoms with van der Waals surface area (Å²) < 4.78 is 4.69. The zero-order valence-electron chi connectivity index (χ0n) is 10.9. The predicted octanol–water partition coefficient (Wildman–Crippen LogP) is 0.298. The van der Waals surface area contributed by atoms with Gasteiger partial charge in [-0.2, -0.15) is 0 Å². The zero-order valence-corrected chi connectivity index (χ0v) is 10.9. The van der Waals surface area contributed by atoms with Gasteiger partial charge in [-0.15, -0.1) is 0 Å². The Morgan fingerprint density at radius 1 is 1.41 bits per heavy atom. The molecule has 98 valence electrons. The number of ether oxygens (including phenoxy) is 1. The van der Waals surface area contributed by atoms with Crippen LogP contribution >= 0.6 is 0 Å². The first-order valence-corrected chi connectivity index (χ1v) is 6.09. The predicted molar refractivity (Wildman–Crippen MR) is 64.4 cm³/mol. The van der Waals surface area contributed by atoms with Crippen molar-refractivity contribution in [3.05, 3.63) is 0 Å². The zero-order chi connectivity index (χ0) is 13.0. The second-order valence-corrected chi connectivity index (χ2v) is 4.95. The van der Waals surface area contributed by atoms with Crippen LogP contribution in [0, 0.1) is 11.8 Å². The average molecular weight is 242 g/mol. The smallest absolute Gasteiger partial charge is 0.328 e. The van der Waals surface area contributed by atoms with E-state index in [0.717, 1.165) is 13.0 Å². The van der Waals surface area contributed by atoms with Crippen LogP contribution in [-0.4, -0.2) is 37.6 Å². The molecule has 0 bridgehead atoms. The van der Waals surface area contributed by atoms with Gasteiger partial charge in [0.05, 0.1) is 13.2 Å². The highest BCUT2D eigenvalue weighted by molar-refractivity contribution is 5.88. The van der Waals surface area contributed by atoms with E-state index in [1.807, 2.05) is 20.8 Å². The third-order valence-corrected chi connectivity index (χ3v) is 3.23. The van der Waals surface area contributed by atoms with Crippen molar-refractivity contribution in [3.8, 4) is 0 Å². The molecule has 3 atom stereocenters. The molecule has 0 spiro atoms. The third-order valence-electron chi connectivity index (χ3n) is 3.23. The fourth-order valence-electron chi connectivity index (χ4n) is 2.05. The lowest BCUT2D eigenvalue weighted by atomic mass is 10.0. The van der Waals surface area contributed by atoms with Crippen molar-refractivity contribution in [1.29, 1.82) is 0 Å². The molecule has 0 aromatic rings. The van der Waals surface area contributed by atoms with E-state index in [2.05, 4.69) is 15.4 Å². The average Bonchev–Trinajstić information content (AvgIpc) is 2.70. The maximum atomic E-state index is 12.0. The number of hydrogen-bond acceptors (Lipinski definition) is 4. The lowest BCUT2D eigenvalue weighted by Gasteiger charge is -2.23. The molecule has 1 fully saturated rings. The Labute approximate surface area is 102 Å². The Morgan fingerprint density at radius 2 is 2.06 bits per heavy atom. The van der Waals surface area contributed by atoms with Crippen molar-refractivity contribution < 1.29 is 14.3 Å². The minimum atomic E-state index is -0.568. The summed E-state index contributed by atoms with van der Waals surface area (Å²) in [4.78, 5) is 23.5. The van der Waals surface area contributed by atoms with Crippen LogP contribution in [0.25, 0.3) is 0 Å². The van der Waals surface area contributed by atoms with Gasteiger partial charge in [-0.1, -0.05) is 20.8 Å². The van der Waals surface area contributed by atoms with Crippen molar-refractivity contribution >= 4 is 11.9 Å². The fraction of sp³-hybridized carbons (Fsp3) is 0.833. The molecule has 0 aromatic heterocycles. The lowest BCUT2D eigenvalue weighted by Crippen LogP contribution is -2.52. The molecule has 0 radical (unpaired) electrons. The highest BCUT2D eigenvalue weighted by Gasteiger charge is 2.33. The second-order valence-electron chi connectivity index (χ2n) is 4.95. The Morgan fingerprint density at radius 3 is 2.47 bits per heavy atom. The first kappa shape index (κ1) is 14.0. The first-order valence-electron chi connectivity index (χ1n) is 6.09. The molecule has 3 unspecified atom stereocenters. The summed E-state index contributed by atoms with van der Waals surface area (Å²) in [5.74, 6) is -0.179. The molecular formula is C12H22N2O3. The minimum absolute atomic E-state index is 0.0168. The summed E-state index contributed by atoms with van der Waals surface area (Å²) in [5, 5.41) is 5.91. The molecule has 0 saturated carbocycles. The molecule has 1 aliphatic heterocycles. The molecule has 0 aliphatic carbocycles. The number of hydrogen-bond donors (Lipinski definition) is 2. The maximum Gasteiger partial charge on any atom is 0.328 e. The van der Waals surface area contributed by atoms with E-state index in [4.69, 9.17) is 0 Å². The van der Waals surface area contributed by atoms with E-state index in [1.165, 1.54) is 7.11 Å². The molecule has 5 heteroatoms. The molecule has 1 heterocycles. The van der Waals surface area contributed by atoms with Crippen LogP contribution in [0.5, 0.6) is 0 Å². The summed E-state index contributed by atoms with van der Waals surface area (Å²) >= 11 is 0. The minimum Gasteiger partial charge on any atom is -0.467 e. The number of esters is 1. The molecule has 5 nitrogen and oxygen atoms in total. The van der Waals surface area contributed by atoms with Gasteiger partial charge in [0.15, 0.2) is 0 Å². The number of nitrogens with one attached hydrogen (secondary N) is 2. The van der Waals surface area contributed by atoms with E-state index in [0.29, 0.717) is 5.92 Å². The van der Waals surface area contributed by atoms with Crippen molar-refractivity contribution in [2.75, 3.05) is 13.7 Å². The summed E-state index contributed by atoms with van der Waals surface area (Å²) in [6, 6.07) is -0.761. The monoisotopic (exact) mass is 242 g/mol. The van der Waals surface area contributed by atoms with E-state index in [-0.39, 0.29) is 23.8 Å². The molecule has 1 rings (SSSR count). The van der Waals surface area contributed by atoms with Gasteiger partial charge in [-0.25, -0.2) is 4.79 Å². The highest BCUT2D eigenvalue weighted by Crippen LogP contribution is 2.15. The summed E-state index contributed by atoms with van der Waals surface area (Å²) in [5.41, 5.74) is 0. The molecule has 1 aliphatic rings. The van der Waals surface area contributed by atoms with Gasteiger partial charge < -0.3 is 15.4 Å². The van der Waals surface area contributed by atoms with Crippen molar-refractivity contribution in [2.45, 2.75) is 39.3 Å². The summed E-state index contributed by atoms with van der Waals surface area (Å²) in [6.45, 7) is 6.65. The normalized spacial score (nSPS) is 25.7. The van der Waals surface area contributed by atoms with E-state index < -0.39 is 6.04 Å². The van der Waals surface area contributed by atoms with Crippen molar-refractivity contribution in [3.63, 3.8) is 0 Å². The largest absolute Gasteiger partial charge is 0.467 e. The van der Waals surface area contributed by atoms with Gasteiger partial charge in [0, 0.05) is 0 Å². The van der Waals surface area contributed by atoms with Crippen molar-refractivity contribution in [2.24, 2.45) is 11.8 Å². The van der Waals surface area contributed by atoms with Crippen LogP contribution < -0.4 is 10.6 Å². The number of carbonyl (C=O) groups excluding carboxylic acids is 2. The standard InChI is InChI=1S/C12H22N2O3/c1-7(2)9(12(16)17-4)14-11(15)10-8(3)5-6-13-10/h7-10,13H,5-6H2,1-4H3,(H,14,15). The molecular weight excluding hydrogens is 220 g/mol. The van der Waals surface area contributed by atoms with E-state index in [9.17, 15) is 9.59 Å². The molecule has 2 N–H and O–H groups in total. The van der Waals surface area contributed by atoms with Gasteiger partial charge in [0.1, 0.15) is 6.04 Å². The molecule has 0 aromatic carbocycles. The molecule has 1 saturated heterocycles. The SMILES string of the molecule is COC(=O)C(NC(=O)C1NCCC1C)C(C)C. The van der Waals surface area contributed by atoms with Crippen LogP contribution in [0.3, 0.4) is 0 Å². The van der Waals surface area contributed by atoms with Crippen LogP contribution in [-0.2, 0) is 14.3 Å². The second kappa shape index (κ2) is 6.00. The van der Waals surface area contributed by atoms with E-state index in [1.54, 1.807) is 0 Å². The van der Waals surface area contributed by atoms with Gasteiger partial charge in [0.2, 0.25) is 5.91 Å². The number of amides is 1. The Bertz CT molecular complexity index is 291. The first-order chi connectivity index (χ1) is 7.97. The summed E-state index contributed by atoms with van der Waals surface area (Å²) in [6.07, 6.45) is 0.989. The number of carbonyl (C=O) groups is 2. The number of rotatable bonds is 4. The Kier molecular flexibility index (Phi) is 4.93. The van der Waals surface area contributed by atoms with Crippen molar-refractivity contribution in [1.82, 2.24) is 10.6 Å².